The van der Waals surface area contributed by atoms with E-state index < -0.39 is 0 Å². The average Bonchev–Trinajstić information content (AvgIpc) is 2.24. The van der Waals surface area contributed by atoms with Crippen molar-refractivity contribution in [2.45, 2.75) is 13.8 Å². The Morgan fingerprint density at radius 2 is 1.73 bits per heavy atom. The molecule has 2 heteroatoms. The van der Waals surface area contributed by atoms with E-state index in [0.717, 1.165) is 11.4 Å². The van der Waals surface area contributed by atoms with Gasteiger partial charge in [0.05, 0.1) is 0 Å². The van der Waals surface area contributed by atoms with Crippen LogP contribution < -0.4 is 0 Å². The zero-order chi connectivity index (χ0) is 10.8. The van der Waals surface area contributed by atoms with Gasteiger partial charge in [-0.25, -0.2) is 0 Å². The van der Waals surface area contributed by atoms with Gasteiger partial charge in [0, 0.05) is 22.3 Å². The molecule has 0 aliphatic rings. The summed E-state index contributed by atoms with van der Waals surface area (Å²) in [6, 6.07) is 8.36. The number of hydrogen-bond acceptors (Lipinski definition) is 1. The zero-order valence-electron chi connectivity index (χ0n) is 8.79. The predicted octanol–water partition coefficient (Wildman–Crippen LogP) is 4.22. The van der Waals surface area contributed by atoms with Crippen molar-refractivity contribution in [3.05, 3.63) is 46.2 Å². The van der Waals surface area contributed by atoms with Gasteiger partial charge in [-0.05, 0) is 30.3 Å². The maximum absolute atomic E-state index is 4.55. The summed E-state index contributed by atoms with van der Waals surface area (Å²) in [5, 5.41) is 2.49. The number of nitrogens with zero attached hydrogens (tertiary/aromatic N) is 1. The van der Waals surface area contributed by atoms with Crippen LogP contribution in [0.2, 0.25) is 0 Å². The molecule has 1 nitrogen and oxygen atoms in total. The lowest BCUT2D eigenvalue weighted by Gasteiger charge is -2.08. The van der Waals surface area contributed by atoms with Gasteiger partial charge in [0.2, 0.25) is 0 Å². The van der Waals surface area contributed by atoms with E-state index in [0.29, 0.717) is 0 Å². The molecule has 2 aromatic rings. The summed E-state index contributed by atoms with van der Waals surface area (Å²) >= 11 is 3.32. The lowest BCUT2D eigenvalue weighted by molar-refractivity contribution is 1.14. The molecule has 0 unspecified atom stereocenters. The third-order valence-electron chi connectivity index (χ3n) is 2.56. The number of fused-ring (bicyclic) bond motifs is 1. The van der Waals surface area contributed by atoms with Gasteiger partial charge in [-0.2, -0.15) is 0 Å². The van der Waals surface area contributed by atoms with Gasteiger partial charge in [0.1, 0.15) is 0 Å². The van der Waals surface area contributed by atoms with E-state index in [9.17, 15) is 0 Å². The maximum atomic E-state index is 4.55. The molecule has 0 radical (unpaired) electrons. The van der Waals surface area contributed by atoms with E-state index in [1.807, 2.05) is 24.1 Å². The predicted molar refractivity (Wildman–Crippen MR) is 69.2 cm³/mol. The lowest BCUT2D eigenvalue weighted by Crippen LogP contribution is -1.93. The molecule has 76 valence electrons. The topological polar surface area (TPSA) is 12.9 Å². The highest BCUT2D eigenvalue weighted by molar-refractivity contribution is 9.11. The maximum Gasteiger partial charge on any atom is 0.0454 e. The molecule has 0 aliphatic carbocycles. The molecule has 0 amide bonds. The van der Waals surface area contributed by atoms with Gasteiger partial charge in [-0.1, -0.05) is 40.2 Å². The second kappa shape index (κ2) is 4.15. The third-order valence-corrected chi connectivity index (χ3v) is 2.83. The van der Waals surface area contributed by atoms with Crippen LogP contribution in [0, 0.1) is 13.8 Å². The smallest absolute Gasteiger partial charge is 0.0454 e. The van der Waals surface area contributed by atoms with Crippen LogP contribution in [-0.2, 0) is 0 Å². The fourth-order valence-electron chi connectivity index (χ4n) is 1.87. The summed E-state index contributed by atoms with van der Waals surface area (Å²) < 4.78 is 0. The van der Waals surface area contributed by atoms with Gasteiger partial charge in [-0.15, -0.1) is 0 Å². The van der Waals surface area contributed by atoms with E-state index in [1.165, 1.54) is 16.3 Å². The molecule has 15 heavy (non-hydrogen) atoms. The van der Waals surface area contributed by atoms with Crippen molar-refractivity contribution < 1.29 is 0 Å². The van der Waals surface area contributed by atoms with Crippen LogP contribution in [0.4, 0.5) is 0 Å². The highest BCUT2D eigenvalue weighted by Gasteiger charge is 2.05. The molecule has 0 bridgehead atoms. The molecule has 0 N–H and O–H groups in total. The Bertz CT molecular complexity index is 529. The Morgan fingerprint density at radius 3 is 2.40 bits per heavy atom. The van der Waals surface area contributed by atoms with Gasteiger partial charge in [0.15, 0.2) is 0 Å². The van der Waals surface area contributed by atoms with Gasteiger partial charge >= 0.3 is 0 Å². The summed E-state index contributed by atoms with van der Waals surface area (Å²) in [6.45, 7) is 4.10. The van der Waals surface area contributed by atoms with Crippen LogP contribution in [-0.4, -0.2) is 4.98 Å². The number of hydrogen-bond donors (Lipinski definition) is 0. The Balaban J connectivity index is 2.89. The van der Waals surface area contributed by atoms with Crippen LogP contribution in [0.3, 0.4) is 0 Å². The summed E-state index contributed by atoms with van der Waals surface area (Å²) in [7, 11) is 0. The number of halogens is 1. The molecule has 0 aliphatic heterocycles. The normalized spacial score (nSPS) is 11.4. The van der Waals surface area contributed by atoms with Crippen LogP contribution in [0.1, 0.15) is 17.0 Å². The fraction of sp³-hybridized carbons (Fsp3) is 0.154. The Morgan fingerprint density at radius 1 is 1.07 bits per heavy atom. The molecule has 0 atom stereocenters. The largest absolute Gasteiger partial charge is 0.257 e. The Hall–Kier alpha value is -1.15. The van der Waals surface area contributed by atoms with Crippen LogP contribution in [0.15, 0.2) is 29.3 Å². The number of rotatable bonds is 1. The first kappa shape index (κ1) is 10.4. The minimum absolute atomic E-state index is 1.07. The number of aryl methyl sites for hydroxylation is 2. The molecular weight excluding hydrogens is 250 g/mol. The van der Waals surface area contributed by atoms with Crippen molar-refractivity contribution in [2.75, 3.05) is 0 Å². The molecule has 0 fully saturated rings. The van der Waals surface area contributed by atoms with Crippen molar-refractivity contribution in [2.24, 2.45) is 0 Å². The second-order valence-corrected chi connectivity index (χ2v) is 4.06. The van der Waals surface area contributed by atoms with E-state index in [2.05, 4.69) is 46.0 Å². The summed E-state index contributed by atoms with van der Waals surface area (Å²) in [6.07, 6.45) is 2.05. The third kappa shape index (κ3) is 1.82. The SMILES string of the molecule is Cc1nc(C)c2ccccc2c1/C=C/Br. The molecule has 0 saturated heterocycles. The van der Waals surface area contributed by atoms with Crippen molar-refractivity contribution >= 4 is 32.8 Å². The van der Waals surface area contributed by atoms with E-state index >= 15 is 0 Å². The zero-order valence-corrected chi connectivity index (χ0v) is 10.4. The minimum atomic E-state index is 1.07. The Kier molecular flexibility index (Phi) is 2.87. The molecule has 0 saturated carbocycles. The van der Waals surface area contributed by atoms with Crippen molar-refractivity contribution in [1.82, 2.24) is 4.98 Å². The standard InChI is InChI=1S/C13H12BrN/c1-9-11-5-3-4-6-13(11)12(7-8-14)10(2)15-9/h3-8H,1-2H3/b8-7+. The summed E-state index contributed by atoms with van der Waals surface area (Å²) in [5.74, 6) is 0. The molecule has 0 spiro atoms. The van der Waals surface area contributed by atoms with Crippen molar-refractivity contribution in [3.8, 4) is 0 Å². The van der Waals surface area contributed by atoms with Crippen molar-refractivity contribution in [1.29, 1.82) is 0 Å². The summed E-state index contributed by atoms with van der Waals surface area (Å²) in [5.41, 5.74) is 3.35. The molecular formula is C13H12BrN. The van der Waals surface area contributed by atoms with Crippen molar-refractivity contribution in [3.63, 3.8) is 0 Å². The second-order valence-electron chi connectivity index (χ2n) is 3.53. The molecule has 2 rings (SSSR count). The van der Waals surface area contributed by atoms with Crippen LogP contribution >= 0.6 is 15.9 Å². The summed E-state index contributed by atoms with van der Waals surface area (Å²) in [4.78, 5) is 6.42. The van der Waals surface area contributed by atoms with E-state index in [1.54, 1.807) is 0 Å². The monoisotopic (exact) mass is 261 g/mol. The lowest BCUT2D eigenvalue weighted by atomic mass is 10.0. The minimum Gasteiger partial charge on any atom is -0.257 e. The van der Waals surface area contributed by atoms with E-state index in [4.69, 9.17) is 0 Å². The van der Waals surface area contributed by atoms with Gasteiger partial charge < -0.3 is 0 Å². The number of pyridine rings is 1. The highest BCUT2D eigenvalue weighted by Crippen LogP contribution is 2.24. The van der Waals surface area contributed by atoms with Gasteiger partial charge in [0.25, 0.3) is 0 Å². The highest BCUT2D eigenvalue weighted by atomic mass is 79.9. The number of aromatic nitrogens is 1. The van der Waals surface area contributed by atoms with E-state index in [-0.39, 0.29) is 0 Å². The first-order valence-corrected chi connectivity index (χ1v) is 5.78. The molecule has 1 heterocycles. The van der Waals surface area contributed by atoms with Crippen LogP contribution in [0.5, 0.6) is 0 Å². The quantitative estimate of drug-likeness (QED) is 0.749. The molecule has 1 aromatic heterocycles. The first-order valence-electron chi connectivity index (χ1n) is 4.86. The van der Waals surface area contributed by atoms with Crippen LogP contribution in [0.25, 0.3) is 16.8 Å². The number of benzene rings is 1. The van der Waals surface area contributed by atoms with Gasteiger partial charge in [-0.3, -0.25) is 4.98 Å². The first-order chi connectivity index (χ1) is 7.24. The fourth-order valence-corrected chi connectivity index (χ4v) is 2.14. The Labute approximate surface area is 98.0 Å². The average molecular weight is 262 g/mol. The molecule has 1 aromatic carbocycles.